The average molecular weight is 792 g/mol. The predicted octanol–water partition coefficient (Wildman–Crippen LogP) is 14.5. The highest BCUT2D eigenvalue weighted by Crippen LogP contribution is 2.46. The molecule has 5 aromatic heterocycles. The molecule has 0 bridgehead atoms. The number of rotatable bonds is 6. The number of hydrogen-bond acceptors (Lipinski definition) is 1. The van der Waals surface area contributed by atoms with Crippen LogP contribution in [0.4, 0.5) is 0 Å². The van der Waals surface area contributed by atoms with E-state index in [9.17, 15) is 0 Å². The van der Waals surface area contributed by atoms with E-state index in [0.717, 1.165) is 83.9 Å². The molecule has 62 heavy (non-hydrogen) atoms. The van der Waals surface area contributed by atoms with E-state index in [1.807, 2.05) is 0 Å². The van der Waals surface area contributed by atoms with Crippen molar-refractivity contribution in [2.24, 2.45) is 0 Å². The summed E-state index contributed by atoms with van der Waals surface area (Å²) in [7, 11) is 0. The van der Waals surface area contributed by atoms with Gasteiger partial charge in [-0.2, -0.15) is 0 Å². The Labute approximate surface area is 357 Å². The Bertz CT molecular complexity index is 3570. The minimum absolute atomic E-state index is 0.875. The number of nitrogens with zero attached hydrogens (tertiary/aromatic N) is 5. The summed E-state index contributed by atoms with van der Waals surface area (Å²) in [5, 5.41) is 4.69. The highest BCUT2D eigenvalue weighted by molar-refractivity contribution is 6.21. The van der Waals surface area contributed by atoms with Crippen LogP contribution in [0.5, 0.6) is 0 Å². The van der Waals surface area contributed by atoms with Gasteiger partial charge >= 0.3 is 0 Å². The molecular formula is C57H37N5. The maximum absolute atomic E-state index is 5.99. The van der Waals surface area contributed by atoms with Crippen molar-refractivity contribution < 1.29 is 0 Å². The molecule has 0 saturated heterocycles. The van der Waals surface area contributed by atoms with Gasteiger partial charge in [-0.3, -0.25) is 4.57 Å². The second kappa shape index (κ2) is 13.6. The number of pyridine rings is 1. The molecular weight excluding hydrogens is 755 g/mol. The van der Waals surface area contributed by atoms with E-state index in [-0.39, 0.29) is 0 Å². The zero-order valence-corrected chi connectivity index (χ0v) is 33.6. The fraction of sp³-hybridized carbons (Fsp3) is 0. The minimum atomic E-state index is 0.875. The molecule has 8 aromatic carbocycles. The monoisotopic (exact) mass is 791 g/mol. The van der Waals surface area contributed by atoms with Crippen molar-refractivity contribution in [3.05, 3.63) is 224 Å². The fourth-order valence-electron chi connectivity index (χ4n) is 10.0. The molecule has 0 amide bonds. The molecule has 0 spiro atoms. The van der Waals surface area contributed by atoms with E-state index in [0.29, 0.717) is 0 Å². The Morgan fingerprint density at radius 3 is 1.10 bits per heavy atom. The lowest BCUT2D eigenvalue weighted by Gasteiger charge is -2.20. The van der Waals surface area contributed by atoms with Gasteiger partial charge in [-0.05, 0) is 60.2 Å². The van der Waals surface area contributed by atoms with Crippen molar-refractivity contribution in [3.8, 4) is 45.3 Å². The molecule has 0 saturated carbocycles. The quantitative estimate of drug-likeness (QED) is 0.165. The summed E-state index contributed by atoms with van der Waals surface area (Å²) in [5.74, 6) is 0.875. The average Bonchev–Trinajstić information content (AvgIpc) is 4.07. The second-order valence-corrected chi connectivity index (χ2v) is 15.9. The van der Waals surface area contributed by atoms with Gasteiger partial charge in [0.05, 0.1) is 55.5 Å². The van der Waals surface area contributed by atoms with Gasteiger partial charge in [-0.25, -0.2) is 4.98 Å². The summed E-state index contributed by atoms with van der Waals surface area (Å²) < 4.78 is 9.75. The molecule has 13 aromatic rings. The maximum atomic E-state index is 5.99. The highest BCUT2D eigenvalue weighted by atomic mass is 15.1. The second-order valence-electron chi connectivity index (χ2n) is 15.9. The van der Waals surface area contributed by atoms with Gasteiger partial charge < -0.3 is 13.7 Å². The lowest BCUT2D eigenvalue weighted by Crippen LogP contribution is -2.07. The van der Waals surface area contributed by atoms with Crippen LogP contribution in [-0.4, -0.2) is 23.3 Å². The van der Waals surface area contributed by atoms with E-state index in [2.05, 4.69) is 243 Å². The smallest absolute Gasteiger partial charge is 0.146 e. The van der Waals surface area contributed by atoms with Crippen LogP contribution in [0.25, 0.3) is 111 Å². The summed E-state index contributed by atoms with van der Waals surface area (Å²) in [6, 6.07) is 80.5. The van der Waals surface area contributed by atoms with Crippen LogP contribution < -0.4 is 0 Å². The van der Waals surface area contributed by atoms with Crippen LogP contribution in [0.3, 0.4) is 0 Å². The van der Waals surface area contributed by atoms with Crippen LogP contribution >= 0.6 is 0 Å². The summed E-state index contributed by atoms with van der Waals surface area (Å²) >= 11 is 0. The van der Waals surface area contributed by atoms with E-state index < -0.39 is 0 Å². The van der Waals surface area contributed by atoms with Crippen molar-refractivity contribution in [1.29, 1.82) is 0 Å². The van der Waals surface area contributed by atoms with Crippen molar-refractivity contribution in [3.63, 3.8) is 0 Å². The number of para-hydroxylation sites is 6. The van der Waals surface area contributed by atoms with Crippen LogP contribution in [0.1, 0.15) is 0 Å². The summed E-state index contributed by atoms with van der Waals surface area (Å²) in [5.41, 5.74) is 16.5. The molecule has 290 valence electrons. The topological polar surface area (TPSA) is 32.6 Å². The van der Waals surface area contributed by atoms with Gasteiger partial charge in [0, 0.05) is 44.0 Å². The van der Waals surface area contributed by atoms with Crippen LogP contribution in [0.2, 0.25) is 0 Å². The molecule has 5 nitrogen and oxygen atoms in total. The van der Waals surface area contributed by atoms with Gasteiger partial charge in [0.15, 0.2) is 0 Å². The number of hydrogen-bond donors (Lipinski definition) is 0. The fourth-order valence-corrected chi connectivity index (χ4v) is 10.0. The maximum Gasteiger partial charge on any atom is 0.146 e. The first-order valence-electron chi connectivity index (χ1n) is 21.2. The van der Waals surface area contributed by atoms with Crippen LogP contribution in [0, 0.1) is 0 Å². The third-order valence-electron chi connectivity index (χ3n) is 12.5. The van der Waals surface area contributed by atoms with Crippen molar-refractivity contribution in [1.82, 2.24) is 23.3 Å². The first kappa shape index (κ1) is 34.5. The molecule has 0 aliphatic heterocycles. The summed E-state index contributed by atoms with van der Waals surface area (Å²) in [6.07, 6.45) is 0. The van der Waals surface area contributed by atoms with Crippen LogP contribution in [0.15, 0.2) is 224 Å². The molecule has 0 radical (unpaired) electrons. The van der Waals surface area contributed by atoms with E-state index in [1.165, 1.54) is 27.1 Å². The molecule has 13 rings (SSSR count). The molecule has 5 heteroatoms. The zero-order valence-electron chi connectivity index (χ0n) is 33.6. The largest absolute Gasteiger partial charge is 0.307 e. The standard InChI is InChI=1S/C57H37N5/c1-5-21-38(22-6-1)46-37-51(61-49-35-19-15-31-44(49)53-55(61)42-29-13-17-33-47(42)59(53)40-25-9-3-10-26-40)52(39-23-7-2-8-24-39)58-57(46)62-50-36-20-16-32-45(50)54-56(62)43-30-14-18-34-48(43)60(54)41-27-11-4-12-28-41/h1-37H. The van der Waals surface area contributed by atoms with E-state index >= 15 is 0 Å². The minimum Gasteiger partial charge on any atom is -0.307 e. The highest BCUT2D eigenvalue weighted by Gasteiger charge is 2.28. The van der Waals surface area contributed by atoms with Crippen molar-refractivity contribution in [2.45, 2.75) is 0 Å². The molecule has 0 N–H and O–H groups in total. The van der Waals surface area contributed by atoms with Gasteiger partial charge in [0.25, 0.3) is 0 Å². The molecule has 5 heterocycles. The first-order valence-corrected chi connectivity index (χ1v) is 21.2. The summed E-state index contributed by atoms with van der Waals surface area (Å²) in [6.45, 7) is 0. The molecule has 0 aliphatic carbocycles. The lowest BCUT2D eigenvalue weighted by atomic mass is 10.0. The van der Waals surface area contributed by atoms with Crippen LogP contribution in [-0.2, 0) is 0 Å². The van der Waals surface area contributed by atoms with Gasteiger partial charge in [0.1, 0.15) is 5.82 Å². The van der Waals surface area contributed by atoms with Gasteiger partial charge in [0.2, 0.25) is 0 Å². The van der Waals surface area contributed by atoms with E-state index in [4.69, 9.17) is 4.98 Å². The molecule has 0 unspecified atom stereocenters. The first-order chi connectivity index (χ1) is 30.8. The Kier molecular flexibility index (Phi) is 7.54. The van der Waals surface area contributed by atoms with Gasteiger partial charge in [-0.1, -0.05) is 170 Å². The molecule has 0 fully saturated rings. The number of benzene rings is 8. The molecule has 0 atom stereocenters. The lowest BCUT2D eigenvalue weighted by molar-refractivity contribution is 1.06. The Hall–Kier alpha value is -8.41. The van der Waals surface area contributed by atoms with Gasteiger partial charge in [-0.15, -0.1) is 0 Å². The third kappa shape index (κ3) is 4.93. The number of fused-ring (bicyclic) bond motifs is 10. The Morgan fingerprint density at radius 2 is 0.629 bits per heavy atom. The molecule has 0 aliphatic rings. The zero-order chi connectivity index (χ0) is 40.7. The third-order valence-corrected chi connectivity index (χ3v) is 12.5. The van der Waals surface area contributed by atoms with E-state index in [1.54, 1.807) is 0 Å². The SMILES string of the molecule is c1ccc(-c2cc(-n3c4ccccc4c4c3c3ccccc3n4-c3ccccc3)c(-c3ccccc3)nc2-n2c3ccccc3c3c2c2ccccc2n3-c2ccccc2)cc1. The number of aromatic nitrogens is 5. The van der Waals surface area contributed by atoms with Crippen molar-refractivity contribution >= 4 is 65.7 Å². The van der Waals surface area contributed by atoms with Crippen molar-refractivity contribution in [2.75, 3.05) is 0 Å². The Balaban J connectivity index is 1.22. The normalized spacial score (nSPS) is 11.9. The summed E-state index contributed by atoms with van der Waals surface area (Å²) in [4.78, 5) is 5.99. The Morgan fingerprint density at radius 1 is 0.290 bits per heavy atom. The predicted molar refractivity (Wildman–Crippen MR) is 257 cm³/mol.